The van der Waals surface area contributed by atoms with Crippen LogP contribution < -0.4 is 16.0 Å². The summed E-state index contributed by atoms with van der Waals surface area (Å²) in [6.07, 6.45) is 4.21. The number of thiophene rings is 1. The van der Waals surface area contributed by atoms with Gasteiger partial charge in [0, 0.05) is 23.5 Å². The zero-order valence-electron chi connectivity index (χ0n) is 16.6. The first kappa shape index (κ1) is 18.9. The molecule has 1 aliphatic carbocycles. The largest absolute Gasteiger partial charge is 0.370 e. The third kappa shape index (κ3) is 3.37. The fourth-order valence-electron chi connectivity index (χ4n) is 4.39. The van der Waals surface area contributed by atoms with Gasteiger partial charge in [0.05, 0.1) is 16.3 Å². The minimum atomic E-state index is -0.498. The number of carbonyl (C=O) groups is 2. The lowest BCUT2D eigenvalue weighted by Crippen LogP contribution is -2.22. The third-order valence-corrected chi connectivity index (χ3v) is 7.14. The second-order valence-electron chi connectivity index (χ2n) is 7.87. The molecule has 2 aromatic carbocycles. The van der Waals surface area contributed by atoms with E-state index in [1.807, 2.05) is 18.2 Å². The standard InChI is InChI=1S/C24H23N3O2S/c25-23(28)17-9-10-20(27-11-3-4-12-27)19(13-17)26-24(29)21-14-16-8-7-15-5-1-2-6-18(15)22(16)30-21/h1-2,5-6,9-10,13-14H,3-4,7-8,11-12H2,(H2,25,28)(H,26,29). The lowest BCUT2D eigenvalue weighted by atomic mass is 9.91. The van der Waals surface area contributed by atoms with E-state index in [0.29, 0.717) is 16.1 Å². The summed E-state index contributed by atoms with van der Waals surface area (Å²) < 4.78 is 0. The molecule has 2 amide bonds. The van der Waals surface area contributed by atoms with Crippen LogP contribution in [0.1, 0.15) is 44.0 Å². The summed E-state index contributed by atoms with van der Waals surface area (Å²) >= 11 is 1.54. The fourth-order valence-corrected chi connectivity index (χ4v) is 5.56. The average molecular weight is 418 g/mol. The minimum absolute atomic E-state index is 0.144. The van der Waals surface area contributed by atoms with E-state index in [2.05, 4.69) is 28.4 Å². The Morgan fingerprint density at radius 2 is 1.73 bits per heavy atom. The normalized spacial score (nSPS) is 14.9. The molecule has 5 nitrogen and oxygen atoms in total. The smallest absolute Gasteiger partial charge is 0.265 e. The average Bonchev–Trinajstić information content (AvgIpc) is 3.43. The molecule has 0 bridgehead atoms. The van der Waals surface area contributed by atoms with E-state index < -0.39 is 5.91 Å². The van der Waals surface area contributed by atoms with Crippen molar-refractivity contribution in [1.29, 1.82) is 0 Å². The summed E-state index contributed by atoms with van der Waals surface area (Å²) in [6, 6.07) is 15.7. The van der Waals surface area contributed by atoms with Crippen molar-refractivity contribution in [3.05, 3.63) is 70.1 Å². The molecule has 2 heterocycles. The lowest BCUT2D eigenvalue weighted by molar-refractivity contribution is 0.0996. The maximum Gasteiger partial charge on any atom is 0.265 e. The number of primary amides is 1. The number of anilines is 2. The van der Waals surface area contributed by atoms with E-state index in [0.717, 1.165) is 44.5 Å². The summed E-state index contributed by atoms with van der Waals surface area (Å²) in [4.78, 5) is 29.0. The molecule has 0 saturated carbocycles. The Labute approximate surface area is 179 Å². The van der Waals surface area contributed by atoms with Crippen LogP contribution in [0.4, 0.5) is 11.4 Å². The van der Waals surface area contributed by atoms with Crippen LogP contribution in [-0.4, -0.2) is 24.9 Å². The van der Waals surface area contributed by atoms with E-state index >= 15 is 0 Å². The SMILES string of the molecule is NC(=O)c1ccc(N2CCCC2)c(NC(=O)c2cc3c(s2)-c2ccccc2CC3)c1. The van der Waals surface area contributed by atoms with Crippen molar-refractivity contribution < 1.29 is 9.59 Å². The van der Waals surface area contributed by atoms with Gasteiger partial charge in [0.25, 0.3) is 5.91 Å². The number of amides is 2. The number of nitrogens with two attached hydrogens (primary N) is 1. The number of hydrogen-bond donors (Lipinski definition) is 2. The highest BCUT2D eigenvalue weighted by Gasteiger charge is 2.23. The Hall–Kier alpha value is -3.12. The molecule has 3 N–H and O–H groups in total. The molecule has 1 fully saturated rings. The zero-order chi connectivity index (χ0) is 20.7. The molecule has 1 saturated heterocycles. The number of aryl methyl sites for hydroxylation is 2. The summed E-state index contributed by atoms with van der Waals surface area (Å²) in [5.74, 6) is -0.643. The van der Waals surface area contributed by atoms with E-state index in [1.54, 1.807) is 12.1 Å². The van der Waals surface area contributed by atoms with Gasteiger partial charge in [0.2, 0.25) is 5.91 Å². The van der Waals surface area contributed by atoms with Gasteiger partial charge in [-0.3, -0.25) is 9.59 Å². The first-order valence-electron chi connectivity index (χ1n) is 10.3. The van der Waals surface area contributed by atoms with Crippen LogP contribution in [0.5, 0.6) is 0 Å². The minimum Gasteiger partial charge on any atom is -0.370 e. The molecule has 0 unspecified atom stereocenters. The van der Waals surface area contributed by atoms with Gasteiger partial charge in [-0.15, -0.1) is 11.3 Å². The van der Waals surface area contributed by atoms with Gasteiger partial charge in [-0.2, -0.15) is 0 Å². The van der Waals surface area contributed by atoms with Crippen LogP contribution in [0.3, 0.4) is 0 Å². The highest BCUT2D eigenvalue weighted by Crippen LogP contribution is 2.40. The molecule has 3 aromatic rings. The topological polar surface area (TPSA) is 75.4 Å². The van der Waals surface area contributed by atoms with E-state index in [4.69, 9.17) is 5.73 Å². The number of benzene rings is 2. The zero-order valence-corrected chi connectivity index (χ0v) is 17.4. The maximum absolute atomic E-state index is 13.2. The Bertz CT molecular complexity index is 1150. The molecule has 5 rings (SSSR count). The van der Waals surface area contributed by atoms with Gasteiger partial charge in [-0.05, 0) is 66.6 Å². The van der Waals surface area contributed by atoms with Crippen LogP contribution in [0.2, 0.25) is 0 Å². The third-order valence-electron chi connectivity index (χ3n) is 5.93. The molecule has 1 aromatic heterocycles. The predicted molar refractivity (Wildman–Crippen MR) is 122 cm³/mol. The summed E-state index contributed by atoms with van der Waals surface area (Å²) in [5, 5.41) is 3.05. The Morgan fingerprint density at radius 1 is 0.967 bits per heavy atom. The number of hydrogen-bond acceptors (Lipinski definition) is 4. The molecule has 1 aliphatic heterocycles. The highest BCUT2D eigenvalue weighted by atomic mass is 32.1. The van der Waals surface area contributed by atoms with Crippen molar-refractivity contribution >= 4 is 34.5 Å². The molecule has 30 heavy (non-hydrogen) atoms. The monoisotopic (exact) mass is 417 g/mol. The second kappa shape index (κ2) is 7.61. The summed E-state index contributed by atoms with van der Waals surface area (Å²) in [5.41, 5.74) is 11.3. The Balaban J connectivity index is 1.47. The van der Waals surface area contributed by atoms with Gasteiger partial charge in [0.15, 0.2) is 0 Å². The number of nitrogens with one attached hydrogen (secondary N) is 1. The molecule has 0 radical (unpaired) electrons. The van der Waals surface area contributed by atoms with E-state index in [9.17, 15) is 9.59 Å². The van der Waals surface area contributed by atoms with Crippen molar-refractivity contribution in [2.24, 2.45) is 5.73 Å². The number of fused-ring (bicyclic) bond motifs is 3. The number of nitrogens with zero attached hydrogens (tertiary/aromatic N) is 1. The maximum atomic E-state index is 13.2. The van der Waals surface area contributed by atoms with Gasteiger partial charge in [0.1, 0.15) is 0 Å². The van der Waals surface area contributed by atoms with Crippen molar-refractivity contribution in [2.45, 2.75) is 25.7 Å². The lowest BCUT2D eigenvalue weighted by Gasteiger charge is -2.22. The van der Waals surface area contributed by atoms with Gasteiger partial charge in [-0.1, -0.05) is 24.3 Å². The van der Waals surface area contributed by atoms with E-state index in [1.165, 1.54) is 32.9 Å². The quantitative estimate of drug-likeness (QED) is 0.658. The summed E-state index contributed by atoms with van der Waals surface area (Å²) in [7, 11) is 0. The van der Waals surface area contributed by atoms with Crippen LogP contribution in [0, 0.1) is 0 Å². The van der Waals surface area contributed by atoms with Crippen LogP contribution >= 0.6 is 11.3 Å². The molecule has 0 spiro atoms. The van der Waals surface area contributed by atoms with Crippen LogP contribution in [0.25, 0.3) is 10.4 Å². The van der Waals surface area contributed by atoms with Crippen molar-refractivity contribution in [3.63, 3.8) is 0 Å². The first-order valence-corrected chi connectivity index (χ1v) is 11.1. The van der Waals surface area contributed by atoms with Crippen molar-refractivity contribution in [1.82, 2.24) is 0 Å². The van der Waals surface area contributed by atoms with Crippen molar-refractivity contribution in [3.8, 4) is 10.4 Å². The highest BCUT2D eigenvalue weighted by molar-refractivity contribution is 7.17. The molecular formula is C24H23N3O2S. The molecule has 0 atom stereocenters. The van der Waals surface area contributed by atoms with Gasteiger partial charge in [-0.25, -0.2) is 0 Å². The van der Waals surface area contributed by atoms with E-state index in [-0.39, 0.29) is 5.91 Å². The molecule has 152 valence electrons. The predicted octanol–water partition coefficient (Wildman–Crippen LogP) is 4.47. The summed E-state index contributed by atoms with van der Waals surface area (Å²) in [6.45, 7) is 1.89. The second-order valence-corrected chi connectivity index (χ2v) is 8.92. The first-order chi connectivity index (χ1) is 14.6. The number of carbonyl (C=O) groups excluding carboxylic acids is 2. The van der Waals surface area contributed by atoms with Gasteiger partial charge >= 0.3 is 0 Å². The number of rotatable bonds is 4. The van der Waals surface area contributed by atoms with Crippen molar-refractivity contribution in [2.75, 3.05) is 23.3 Å². The van der Waals surface area contributed by atoms with Gasteiger partial charge < -0.3 is 16.0 Å². The molecular weight excluding hydrogens is 394 g/mol. The van der Waals surface area contributed by atoms with Crippen LogP contribution in [-0.2, 0) is 12.8 Å². The molecule has 6 heteroatoms. The van der Waals surface area contributed by atoms with Crippen LogP contribution in [0.15, 0.2) is 48.5 Å². The fraction of sp³-hybridized carbons (Fsp3) is 0.250. The Kier molecular flexibility index (Phi) is 4.79. The molecule has 2 aliphatic rings. The Morgan fingerprint density at radius 3 is 2.53 bits per heavy atom.